The molecule has 10 heavy (non-hydrogen) atoms. The summed E-state index contributed by atoms with van der Waals surface area (Å²) in [6.07, 6.45) is 3.42. The minimum Gasteiger partial charge on any atom is -0.257 e. The third-order valence-corrected chi connectivity index (χ3v) is 1.75. The van der Waals surface area contributed by atoms with E-state index in [1.54, 1.807) is 18.5 Å². The topological polar surface area (TPSA) is 49.6 Å². The van der Waals surface area contributed by atoms with E-state index in [0.717, 1.165) is 10.9 Å². The molecule has 0 amide bonds. The van der Waals surface area contributed by atoms with Crippen LogP contribution in [0.4, 0.5) is 0 Å². The van der Waals surface area contributed by atoms with Crippen LogP contribution in [0.1, 0.15) is 0 Å². The van der Waals surface area contributed by atoms with Crippen LogP contribution >= 0.6 is 11.8 Å². The van der Waals surface area contributed by atoms with E-state index in [-0.39, 0.29) is 0 Å². The fraction of sp³-hybridized carbons (Fsp3) is 0.333. The molecule has 4 heteroatoms. The van der Waals surface area contributed by atoms with E-state index in [9.17, 15) is 0 Å². The lowest BCUT2D eigenvalue weighted by Crippen LogP contribution is -1.90. The lowest BCUT2D eigenvalue weighted by atomic mass is 10.7. The summed E-state index contributed by atoms with van der Waals surface area (Å²) >= 11 is 1.51. The molecule has 0 spiro atoms. The first-order valence-electron chi connectivity index (χ1n) is 2.98. The smallest absolute Gasteiger partial charge is 0.187 e. The van der Waals surface area contributed by atoms with E-state index >= 15 is 0 Å². The number of aromatic nitrogens is 2. The summed E-state index contributed by atoms with van der Waals surface area (Å²) < 4.78 is 0. The second kappa shape index (κ2) is 4.24. The lowest BCUT2D eigenvalue weighted by molar-refractivity contribution is 0.962. The molecule has 0 bridgehead atoms. The highest BCUT2D eigenvalue weighted by Gasteiger charge is 1.91. The Morgan fingerprint density at radius 3 is 2.70 bits per heavy atom. The number of nitrogens with zero attached hydrogens (tertiary/aromatic N) is 2. The zero-order chi connectivity index (χ0) is 7.23. The number of nitrogens with one attached hydrogen (secondary N) is 1. The molecule has 0 saturated heterocycles. The summed E-state index contributed by atoms with van der Waals surface area (Å²) in [7, 11) is 0. The Morgan fingerprint density at radius 1 is 1.40 bits per heavy atom. The normalized spacial score (nSPS) is 9.70. The Morgan fingerprint density at radius 2 is 2.10 bits per heavy atom. The van der Waals surface area contributed by atoms with Gasteiger partial charge in [0.15, 0.2) is 5.16 Å². The highest BCUT2D eigenvalue weighted by molar-refractivity contribution is 7.99. The molecule has 0 aliphatic carbocycles. The molecule has 1 heterocycles. The molecule has 1 N–H and O–H groups in total. The van der Waals surface area contributed by atoms with Crippen molar-refractivity contribution in [3.05, 3.63) is 18.5 Å². The van der Waals surface area contributed by atoms with Crippen LogP contribution in [0.2, 0.25) is 0 Å². The zero-order valence-electron chi connectivity index (χ0n) is 5.45. The summed E-state index contributed by atoms with van der Waals surface area (Å²) in [6.45, 7) is 0.420. The maximum Gasteiger partial charge on any atom is 0.187 e. The van der Waals surface area contributed by atoms with Crippen LogP contribution in [-0.4, -0.2) is 22.3 Å². The van der Waals surface area contributed by atoms with Crippen molar-refractivity contribution in [3.63, 3.8) is 0 Å². The van der Waals surface area contributed by atoms with Crippen LogP contribution in [-0.2, 0) is 0 Å². The van der Waals surface area contributed by atoms with Crippen molar-refractivity contribution in [2.24, 2.45) is 0 Å². The van der Waals surface area contributed by atoms with E-state index in [0.29, 0.717) is 6.54 Å². The molecule has 0 unspecified atom stereocenters. The average Bonchev–Trinajstić information content (AvgIpc) is 2.03. The fourth-order valence-corrected chi connectivity index (χ4v) is 1.06. The molecule has 0 aliphatic rings. The van der Waals surface area contributed by atoms with Gasteiger partial charge in [-0.25, -0.2) is 9.97 Å². The van der Waals surface area contributed by atoms with Crippen LogP contribution in [0.5, 0.6) is 0 Å². The zero-order valence-corrected chi connectivity index (χ0v) is 6.27. The first-order valence-corrected chi connectivity index (χ1v) is 3.96. The van der Waals surface area contributed by atoms with E-state index < -0.39 is 0 Å². The van der Waals surface area contributed by atoms with Gasteiger partial charge in [0.2, 0.25) is 0 Å². The van der Waals surface area contributed by atoms with Crippen molar-refractivity contribution < 1.29 is 0 Å². The minimum atomic E-state index is 0.420. The van der Waals surface area contributed by atoms with Crippen molar-refractivity contribution >= 4 is 11.8 Å². The SMILES string of the molecule is [NH]CCSc1ncccn1. The fourth-order valence-electron chi connectivity index (χ4n) is 0.502. The Bertz CT molecular complexity index is 178. The third-order valence-electron chi connectivity index (χ3n) is 0.875. The highest BCUT2D eigenvalue weighted by atomic mass is 32.2. The predicted molar refractivity (Wildman–Crippen MR) is 40.7 cm³/mol. The van der Waals surface area contributed by atoms with Crippen molar-refractivity contribution in [1.29, 1.82) is 0 Å². The Labute approximate surface area is 64.1 Å². The van der Waals surface area contributed by atoms with Gasteiger partial charge in [0.05, 0.1) is 0 Å². The van der Waals surface area contributed by atoms with E-state index in [1.165, 1.54) is 11.8 Å². The predicted octanol–water partition coefficient (Wildman–Crippen LogP) is 0.852. The average molecular weight is 154 g/mol. The monoisotopic (exact) mass is 154 g/mol. The summed E-state index contributed by atoms with van der Waals surface area (Å²) in [5.74, 6) is 0.768. The van der Waals surface area contributed by atoms with Crippen molar-refractivity contribution in [2.45, 2.75) is 5.16 Å². The van der Waals surface area contributed by atoms with Crippen molar-refractivity contribution in [2.75, 3.05) is 12.3 Å². The number of rotatable bonds is 3. The van der Waals surface area contributed by atoms with Gasteiger partial charge in [-0.05, 0) is 6.07 Å². The van der Waals surface area contributed by atoms with Crippen LogP contribution in [0, 0.1) is 0 Å². The van der Waals surface area contributed by atoms with Gasteiger partial charge in [0.25, 0.3) is 0 Å². The first kappa shape index (κ1) is 7.50. The lowest BCUT2D eigenvalue weighted by Gasteiger charge is -1.93. The Balaban J connectivity index is 2.43. The second-order valence-electron chi connectivity index (χ2n) is 1.63. The Hall–Kier alpha value is -0.610. The minimum absolute atomic E-state index is 0.420. The standard InChI is InChI=1S/C6H8N3S/c7-2-5-10-6-8-3-1-4-9-6/h1,3-4,7H,2,5H2. The summed E-state index contributed by atoms with van der Waals surface area (Å²) in [4.78, 5) is 7.97. The van der Waals surface area contributed by atoms with Gasteiger partial charge >= 0.3 is 0 Å². The third kappa shape index (κ3) is 2.33. The first-order chi connectivity index (χ1) is 4.93. The summed E-state index contributed by atoms with van der Waals surface area (Å²) in [5, 5.41) is 0.759. The molecule has 0 aromatic carbocycles. The van der Waals surface area contributed by atoms with Crippen molar-refractivity contribution in [3.8, 4) is 0 Å². The summed E-state index contributed by atoms with van der Waals surface area (Å²) in [6, 6.07) is 1.78. The second-order valence-corrected chi connectivity index (χ2v) is 2.69. The van der Waals surface area contributed by atoms with E-state index in [4.69, 9.17) is 5.73 Å². The molecule has 0 saturated carbocycles. The maximum absolute atomic E-state index is 6.88. The molecule has 1 rings (SSSR count). The number of hydrogen-bond donors (Lipinski definition) is 0. The number of hydrogen-bond acceptors (Lipinski definition) is 3. The Kier molecular flexibility index (Phi) is 3.18. The van der Waals surface area contributed by atoms with Gasteiger partial charge in [-0.15, -0.1) is 0 Å². The molecule has 1 aromatic rings. The van der Waals surface area contributed by atoms with Crippen LogP contribution in [0.15, 0.2) is 23.6 Å². The quantitative estimate of drug-likeness (QED) is 0.479. The molecule has 1 aromatic heterocycles. The van der Waals surface area contributed by atoms with Crippen LogP contribution < -0.4 is 5.73 Å². The largest absolute Gasteiger partial charge is 0.257 e. The summed E-state index contributed by atoms with van der Waals surface area (Å²) in [5.41, 5.74) is 6.88. The van der Waals surface area contributed by atoms with Gasteiger partial charge in [0, 0.05) is 24.7 Å². The van der Waals surface area contributed by atoms with Crippen LogP contribution in [0.3, 0.4) is 0 Å². The molecule has 0 aliphatic heterocycles. The molecule has 3 nitrogen and oxygen atoms in total. The van der Waals surface area contributed by atoms with Gasteiger partial charge in [-0.2, -0.15) is 0 Å². The maximum atomic E-state index is 6.88. The van der Waals surface area contributed by atoms with Gasteiger partial charge < -0.3 is 0 Å². The molecular weight excluding hydrogens is 146 g/mol. The van der Waals surface area contributed by atoms with Gasteiger partial charge in [0.1, 0.15) is 0 Å². The molecule has 0 atom stereocenters. The number of thioether (sulfide) groups is 1. The van der Waals surface area contributed by atoms with E-state index in [1.807, 2.05) is 0 Å². The van der Waals surface area contributed by atoms with Gasteiger partial charge in [-0.1, -0.05) is 11.8 Å². The van der Waals surface area contributed by atoms with Crippen LogP contribution in [0.25, 0.3) is 0 Å². The van der Waals surface area contributed by atoms with Crippen molar-refractivity contribution in [1.82, 2.24) is 15.7 Å². The van der Waals surface area contributed by atoms with Gasteiger partial charge in [-0.3, -0.25) is 5.73 Å². The molecule has 1 radical (unpaired) electrons. The molecular formula is C6H8N3S. The van der Waals surface area contributed by atoms with E-state index in [2.05, 4.69) is 9.97 Å². The highest BCUT2D eigenvalue weighted by Crippen LogP contribution is 2.08. The molecule has 0 fully saturated rings. The molecule has 53 valence electrons.